The number of hydrogen-bond acceptors (Lipinski definition) is 4. The maximum absolute atomic E-state index is 5.99. The van der Waals surface area contributed by atoms with Gasteiger partial charge in [0, 0.05) is 38.3 Å². The lowest BCUT2D eigenvalue weighted by atomic mass is 10.1. The third-order valence-corrected chi connectivity index (χ3v) is 4.23. The number of nitrogens with two attached hydrogens (primary N) is 1. The molecule has 1 heterocycles. The van der Waals surface area contributed by atoms with E-state index in [0.717, 1.165) is 61.8 Å². The van der Waals surface area contributed by atoms with Crippen LogP contribution >= 0.6 is 12.2 Å². The highest BCUT2D eigenvalue weighted by molar-refractivity contribution is 7.80. The van der Waals surface area contributed by atoms with E-state index < -0.39 is 0 Å². The first kappa shape index (κ1) is 16.2. The van der Waals surface area contributed by atoms with Gasteiger partial charge in [0.2, 0.25) is 0 Å². The highest BCUT2D eigenvalue weighted by Gasteiger charge is 2.14. The lowest BCUT2D eigenvalue weighted by molar-refractivity contribution is 0.133. The number of likely N-dealkylation sites (N-methyl/N-ethyl adjacent to an activating group) is 1. The fourth-order valence-electron chi connectivity index (χ4n) is 2.67. The second-order valence-electron chi connectivity index (χ2n) is 5.80. The summed E-state index contributed by atoms with van der Waals surface area (Å²) in [5.41, 5.74) is 8.79. The monoisotopic (exact) mass is 307 g/mol. The topological polar surface area (TPSA) is 41.7 Å². The van der Waals surface area contributed by atoms with E-state index in [-0.39, 0.29) is 0 Å². The smallest absolute Gasteiger partial charge is 0.125 e. The summed E-state index contributed by atoms with van der Waals surface area (Å²) in [6, 6.07) is 4.00. The van der Waals surface area contributed by atoms with Crippen molar-refractivity contribution >= 4 is 17.2 Å². The van der Waals surface area contributed by atoms with Gasteiger partial charge >= 0.3 is 0 Å². The van der Waals surface area contributed by atoms with E-state index in [4.69, 9.17) is 22.7 Å². The predicted octanol–water partition coefficient (Wildman–Crippen LogP) is 1.56. The van der Waals surface area contributed by atoms with Crippen molar-refractivity contribution < 1.29 is 4.74 Å². The summed E-state index contributed by atoms with van der Waals surface area (Å²) < 4.78 is 5.99. The molecule has 2 N–H and O–H groups in total. The number of benzene rings is 1. The highest BCUT2D eigenvalue weighted by Crippen LogP contribution is 2.24. The van der Waals surface area contributed by atoms with Gasteiger partial charge in [0.25, 0.3) is 0 Å². The van der Waals surface area contributed by atoms with E-state index >= 15 is 0 Å². The molecule has 2 rings (SSSR count). The quantitative estimate of drug-likeness (QED) is 0.836. The standard InChI is InChI=1S/C16H25N3OS/c1-12-10-14(16(17)21)11-13(2)15(12)20-9-8-19-6-4-18(3)5-7-19/h10-11H,4-9H2,1-3H3,(H2,17,21). The van der Waals surface area contributed by atoms with Gasteiger partial charge in [-0.15, -0.1) is 0 Å². The average Bonchev–Trinajstić information content (AvgIpc) is 2.43. The maximum atomic E-state index is 5.99. The van der Waals surface area contributed by atoms with Gasteiger partial charge in [-0.2, -0.15) is 0 Å². The number of nitrogens with zero attached hydrogens (tertiary/aromatic N) is 2. The third-order valence-electron chi connectivity index (χ3n) is 3.99. The van der Waals surface area contributed by atoms with Crippen LogP contribution in [0.5, 0.6) is 5.75 Å². The van der Waals surface area contributed by atoms with Gasteiger partial charge < -0.3 is 15.4 Å². The summed E-state index contributed by atoms with van der Waals surface area (Å²) in [7, 11) is 2.17. The Morgan fingerprint density at radius 3 is 2.29 bits per heavy atom. The van der Waals surface area contributed by atoms with Crippen molar-refractivity contribution in [1.29, 1.82) is 0 Å². The van der Waals surface area contributed by atoms with Gasteiger partial charge in [-0.1, -0.05) is 12.2 Å². The Morgan fingerprint density at radius 1 is 1.19 bits per heavy atom. The Morgan fingerprint density at radius 2 is 1.76 bits per heavy atom. The predicted molar refractivity (Wildman–Crippen MR) is 91.2 cm³/mol. The second-order valence-corrected chi connectivity index (χ2v) is 6.24. The molecule has 1 aliphatic rings. The number of hydrogen-bond donors (Lipinski definition) is 1. The molecule has 1 fully saturated rings. The molecule has 1 aromatic rings. The molecule has 0 bridgehead atoms. The molecule has 1 aliphatic heterocycles. The van der Waals surface area contributed by atoms with Crippen LogP contribution in [0.1, 0.15) is 16.7 Å². The largest absolute Gasteiger partial charge is 0.492 e. The first-order valence-electron chi connectivity index (χ1n) is 7.42. The Hall–Kier alpha value is -1.17. The average molecular weight is 307 g/mol. The molecule has 0 spiro atoms. The van der Waals surface area contributed by atoms with E-state index in [1.54, 1.807) is 0 Å². The van der Waals surface area contributed by atoms with Crippen molar-refractivity contribution in [2.45, 2.75) is 13.8 Å². The van der Waals surface area contributed by atoms with Crippen LogP contribution in [0, 0.1) is 13.8 Å². The third kappa shape index (κ3) is 4.40. The zero-order valence-corrected chi connectivity index (χ0v) is 14.0. The van der Waals surface area contributed by atoms with Crippen molar-refractivity contribution in [2.24, 2.45) is 5.73 Å². The van der Waals surface area contributed by atoms with Crippen LogP contribution < -0.4 is 10.5 Å². The first-order valence-corrected chi connectivity index (χ1v) is 7.83. The highest BCUT2D eigenvalue weighted by atomic mass is 32.1. The molecular weight excluding hydrogens is 282 g/mol. The minimum absolute atomic E-state index is 0.435. The molecule has 21 heavy (non-hydrogen) atoms. The van der Waals surface area contributed by atoms with Crippen LogP contribution in [-0.4, -0.2) is 61.2 Å². The Balaban J connectivity index is 1.90. The van der Waals surface area contributed by atoms with Gasteiger partial charge in [0.1, 0.15) is 17.3 Å². The van der Waals surface area contributed by atoms with Crippen LogP contribution in [0.2, 0.25) is 0 Å². The molecule has 0 saturated carbocycles. The minimum atomic E-state index is 0.435. The molecule has 4 nitrogen and oxygen atoms in total. The molecule has 116 valence electrons. The van der Waals surface area contributed by atoms with Gasteiger partial charge in [0.05, 0.1) is 0 Å². The summed E-state index contributed by atoms with van der Waals surface area (Å²) in [6.07, 6.45) is 0. The normalized spacial score (nSPS) is 16.9. The minimum Gasteiger partial charge on any atom is -0.492 e. The first-order chi connectivity index (χ1) is 9.97. The molecule has 5 heteroatoms. The number of piperazine rings is 1. The lowest BCUT2D eigenvalue weighted by Crippen LogP contribution is -2.45. The summed E-state index contributed by atoms with van der Waals surface area (Å²) in [6.45, 7) is 10.3. The fraction of sp³-hybridized carbons (Fsp3) is 0.562. The van der Waals surface area contributed by atoms with Crippen LogP contribution in [0.3, 0.4) is 0 Å². The summed E-state index contributed by atoms with van der Waals surface area (Å²) >= 11 is 5.03. The SMILES string of the molecule is Cc1cc(C(N)=S)cc(C)c1OCCN1CCN(C)CC1. The van der Waals surface area contributed by atoms with E-state index in [0.29, 0.717) is 4.99 Å². The summed E-state index contributed by atoms with van der Waals surface area (Å²) in [5.74, 6) is 0.962. The van der Waals surface area contributed by atoms with Crippen LogP contribution in [0.15, 0.2) is 12.1 Å². The van der Waals surface area contributed by atoms with Gasteiger partial charge in [-0.05, 0) is 44.2 Å². The van der Waals surface area contributed by atoms with E-state index in [9.17, 15) is 0 Å². The zero-order chi connectivity index (χ0) is 15.4. The van der Waals surface area contributed by atoms with Gasteiger partial charge in [-0.25, -0.2) is 0 Å². The van der Waals surface area contributed by atoms with Crippen LogP contribution in [-0.2, 0) is 0 Å². The van der Waals surface area contributed by atoms with E-state index in [1.165, 1.54) is 0 Å². The Labute approximate surface area is 132 Å². The molecule has 0 amide bonds. The number of ether oxygens (including phenoxy) is 1. The van der Waals surface area contributed by atoms with Crippen molar-refractivity contribution in [3.05, 3.63) is 28.8 Å². The number of thiocarbonyl (C=S) groups is 1. The molecule has 0 unspecified atom stereocenters. The van der Waals surface area contributed by atoms with Crippen LogP contribution in [0.4, 0.5) is 0 Å². The van der Waals surface area contributed by atoms with E-state index in [2.05, 4.69) is 16.8 Å². The molecule has 0 aliphatic carbocycles. The number of aryl methyl sites for hydroxylation is 2. The van der Waals surface area contributed by atoms with Gasteiger partial charge in [0.15, 0.2) is 0 Å². The van der Waals surface area contributed by atoms with Crippen molar-refractivity contribution in [3.63, 3.8) is 0 Å². The van der Waals surface area contributed by atoms with Gasteiger partial charge in [-0.3, -0.25) is 4.90 Å². The summed E-state index contributed by atoms with van der Waals surface area (Å²) in [5, 5.41) is 0. The summed E-state index contributed by atoms with van der Waals surface area (Å²) in [4.78, 5) is 5.25. The maximum Gasteiger partial charge on any atom is 0.125 e. The second kappa shape index (κ2) is 7.20. The van der Waals surface area contributed by atoms with Crippen molar-refractivity contribution in [2.75, 3.05) is 46.4 Å². The fourth-order valence-corrected chi connectivity index (χ4v) is 2.79. The molecule has 0 aromatic heterocycles. The van der Waals surface area contributed by atoms with Crippen molar-refractivity contribution in [3.8, 4) is 5.75 Å². The molecule has 0 atom stereocenters. The molecule has 0 radical (unpaired) electrons. The van der Waals surface area contributed by atoms with E-state index in [1.807, 2.05) is 26.0 Å². The lowest BCUT2D eigenvalue weighted by Gasteiger charge is -2.32. The Kier molecular flexibility index (Phi) is 5.56. The van der Waals surface area contributed by atoms with Crippen LogP contribution in [0.25, 0.3) is 0 Å². The molecular formula is C16H25N3OS. The van der Waals surface area contributed by atoms with Crippen molar-refractivity contribution in [1.82, 2.24) is 9.80 Å². The molecule has 1 aromatic carbocycles. The number of rotatable bonds is 5. The molecule has 1 saturated heterocycles. The Bertz CT molecular complexity index is 487. The zero-order valence-electron chi connectivity index (χ0n) is 13.2.